The molecule has 0 aromatic heterocycles. The molecule has 1 aliphatic rings. The van der Waals surface area contributed by atoms with E-state index in [0.717, 1.165) is 51.4 Å². The molecule has 0 bridgehead atoms. The first-order chi connectivity index (χ1) is 26.4. The molecule has 0 aromatic rings. The number of rotatable bonds is 36. The van der Waals surface area contributed by atoms with Crippen LogP contribution in [0, 0.1) is 0 Å². The number of aliphatic hydroxyl groups is 4. The molecule has 0 saturated carbocycles. The van der Waals surface area contributed by atoms with Gasteiger partial charge in [0.2, 0.25) is 0 Å². The molecule has 6 atom stereocenters. The van der Waals surface area contributed by atoms with Crippen molar-refractivity contribution in [2.75, 3.05) is 26.4 Å². The van der Waals surface area contributed by atoms with Crippen molar-refractivity contribution >= 4 is 5.97 Å². The smallest absolute Gasteiger partial charge is 0.306 e. The van der Waals surface area contributed by atoms with E-state index in [1.165, 1.54) is 89.9 Å². The predicted octanol–water partition coefficient (Wildman–Crippen LogP) is 9.36. The van der Waals surface area contributed by atoms with Crippen LogP contribution in [0.1, 0.15) is 168 Å². The summed E-state index contributed by atoms with van der Waals surface area (Å²) in [6.45, 7) is 4.40. The van der Waals surface area contributed by atoms with Gasteiger partial charge in [-0.3, -0.25) is 4.79 Å². The number of hydrogen-bond acceptors (Lipinski definition) is 9. The Morgan fingerprint density at radius 1 is 0.611 bits per heavy atom. The number of ether oxygens (including phenoxy) is 4. The summed E-state index contributed by atoms with van der Waals surface area (Å²) in [4.78, 5) is 12.7. The van der Waals surface area contributed by atoms with Gasteiger partial charge in [-0.2, -0.15) is 0 Å². The van der Waals surface area contributed by atoms with Crippen molar-refractivity contribution < 1.29 is 44.2 Å². The van der Waals surface area contributed by atoms with E-state index in [1.807, 2.05) is 0 Å². The monoisotopic (exact) mass is 765 g/mol. The molecular weight excluding hydrogens is 684 g/mol. The quantitative estimate of drug-likeness (QED) is 0.0280. The Morgan fingerprint density at radius 2 is 1.13 bits per heavy atom. The van der Waals surface area contributed by atoms with E-state index in [2.05, 4.69) is 62.5 Å². The minimum atomic E-state index is -1.54. The molecule has 0 radical (unpaired) electrons. The third-order valence-corrected chi connectivity index (χ3v) is 9.76. The Morgan fingerprint density at radius 3 is 1.67 bits per heavy atom. The van der Waals surface area contributed by atoms with Gasteiger partial charge in [0, 0.05) is 13.0 Å². The van der Waals surface area contributed by atoms with Crippen molar-refractivity contribution in [1.82, 2.24) is 0 Å². The maximum atomic E-state index is 12.7. The molecule has 6 unspecified atom stereocenters. The summed E-state index contributed by atoms with van der Waals surface area (Å²) in [5.41, 5.74) is 0. The molecule has 4 N–H and O–H groups in total. The average Bonchev–Trinajstić information content (AvgIpc) is 3.17. The zero-order valence-corrected chi connectivity index (χ0v) is 34.2. The highest BCUT2D eigenvalue weighted by molar-refractivity contribution is 5.69. The van der Waals surface area contributed by atoms with Crippen LogP contribution in [0.15, 0.2) is 48.6 Å². The molecule has 314 valence electrons. The molecule has 0 spiro atoms. The third kappa shape index (κ3) is 27.7. The van der Waals surface area contributed by atoms with Gasteiger partial charge in [-0.1, -0.05) is 159 Å². The van der Waals surface area contributed by atoms with Crippen LogP contribution in [0.5, 0.6) is 0 Å². The molecule has 1 heterocycles. The summed E-state index contributed by atoms with van der Waals surface area (Å²) in [6.07, 6.45) is 37.1. The van der Waals surface area contributed by atoms with Gasteiger partial charge < -0.3 is 39.4 Å². The van der Waals surface area contributed by atoms with Gasteiger partial charge in [0.1, 0.15) is 30.5 Å². The zero-order chi connectivity index (χ0) is 39.3. The SMILES string of the molecule is CC/C=C\C/C=C\C/C=C\C/C=C\CCCCC(=O)OC(COCCCCCCCCCCCCCCCCCC)COC1OC(CO)C(O)C(O)C1O. The molecule has 0 aromatic carbocycles. The Labute approximate surface area is 329 Å². The van der Waals surface area contributed by atoms with Gasteiger partial charge >= 0.3 is 5.97 Å². The van der Waals surface area contributed by atoms with Crippen LogP contribution < -0.4 is 0 Å². The molecule has 9 heteroatoms. The lowest BCUT2D eigenvalue weighted by Crippen LogP contribution is -2.59. The van der Waals surface area contributed by atoms with Crippen molar-refractivity contribution in [2.45, 2.75) is 205 Å². The third-order valence-electron chi connectivity index (χ3n) is 9.76. The van der Waals surface area contributed by atoms with Crippen LogP contribution in [-0.4, -0.2) is 89.6 Å². The summed E-state index contributed by atoms with van der Waals surface area (Å²) in [5, 5.41) is 40.1. The fourth-order valence-electron chi connectivity index (χ4n) is 6.36. The van der Waals surface area contributed by atoms with Crippen LogP contribution in [0.3, 0.4) is 0 Å². The fraction of sp³-hybridized carbons (Fsp3) is 0.800. The number of unbranched alkanes of at least 4 members (excludes halogenated alkanes) is 17. The van der Waals surface area contributed by atoms with Crippen molar-refractivity contribution in [2.24, 2.45) is 0 Å². The predicted molar refractivity (Wildman–Crippen MR) is 219 cm³/mol. The highest BCUT2D eigenvalue weighted by Crippen LogP contribution is 2.22. The molecular formula is C45H80O9. The first kappa shape index (κ1) is 50.2. The molecule has 1 rings (SSSR count). The average molecular weight is 765 g/mol. The van der Waals surface area contributed by atoms with Gasteiger partial charge in [-0.25, -0.2) is 0 Å². The van der Waals surface area contributed by atoms with Gasteiger partial charge in [-0.05, 0) is 51.4 Å². The second-order valence-electron chi connectivity index (χ2n) is 14.8. The lowest BCUT2D eigenvalue weighted by atomic mass is 9.99. The summed E-state index contributed by atoms with van der Waals surface area (Å²) >= 11 is 0. The van der Waals surface area contributed by atoms with Crippen molar-refractivity contribution in [3.8, 4) is 0 Å². The fourth-order valence-corrected chi connectivity index (χ4v) is 6.36. The largest absolute Gasteiger partial charge is 0.457 e. The van der Waals surface area contributed by atoms with Crippen molar-refractivity contribution in [3.63, 3.8) is 0 Å². The molecule has 1 saturated heterocycles. The highest BCUT2D eigenvalue weighted by Gasteiger charge is 2.44. The first-order valence-electron chi connectivity index (χ1n) is 21.7. The summed E-state index contributed by atoms with van der Waals surface area (Å²) < 4.78 is 22.7. The number of hydrogen-bond donors (Lipinski definition) is 4. The van der Waals surface area contributed by atoms with E-state index in [-0.39, 0.29) is 25.6 Å². The Kier molecular flexibility index (Phi) is 34.2. The van der Waals surface area contributed by atoms with Crippen LogP contribution in [-0.2, 0) is 23.7 Å². The van der Waals surface area contributed by atoms with Crippen molar-refractivity contribution in [3.05, 3.63) is 48.6 Å². The van der Waals surface area contributed by atoms with E-state index in [9.17, 15) is 25.2 Å². The molecule has 1 aliphatic heterocycles. The second kappa shape index (κ2) is 36.8. The number of esters is 1. The van der Waals surface area contributed by atoms with E-state index < -0.39 is 43.4 Å². The minimum Gasteiger partial charge on any atom is -0.457 e. The van der Waals surface area contributed by atoms with Crippen LogP contribution in [0.25, 0.3) is 0 Å². The second-order valence-corrected chi connectivity index (χ2v) is 14.8. The molecule has 54 heavy (non-hydrogen) atoms. The number of aliphatic hydroxyl groups excluding tert-OH is 4. The molecule has 0 aliphatic carbocycles. The van der Waals surface area contributed by atoms with E-state index >= 15 is 0 Å². The summed E-state index contributed by atoms with van der Waals surface area (Å²) in [5.74, 6) is -0.353. The highest BCUT2D eigenvalue weighted by atomic mass is 16.7. The zero-order valence-electron chi connectivity index (χ0n) is 34.2. The van der Waals surface area contributed by atoms with Gasteiger partial charge in [0.05, 0.1) is 19.8 Å². The van der Waals surface area contributed by atoms with Gasteiger partial charge in [0.15, 0.2) is 6.29 Å². The lowest BCUT2D eigenvalue weighted by Gasteiger charge is -2.39. The van der Waals surface area contributed by atoms with E-state index in [0.29, 0.717) is 13.0 Å². The normalized spacial score (nSPS) is 21.3. The van der Waals surface area contributed by atoms with Crippen LogP contribution in [0.2, 0.25) is 0 Å². The number of carbonyl (C=O) groups is 1. The number of carbonyl (C=O) groups excluding carboxylic acids is 1. The Bertz CT molecular complexity index is 963. The van der Waals surface area contributed by atoms with Crippen LogP contribution >= 0.6 is 0 Å². The Hall–Kier alpha value is -1.85. The lowest BCUT2D eigenvalue weighted by molar-refractivity contribution is -0.305. The molecule has 1 fully saturated rings. The van der Waals surface area contributed by atoms with Crippen molar-refractivity contribution in [1.29, 1.82) is 0 Å². The standard InChI is InChI=1S/C45H80O9/c1-3-5-7-9-11-13-15-17-19-21-23-25-27-29-31-33-35-51-37-39(38-52-45-44(50)43(49)42(48)40(36-46)54-45)53-41(47)34-32-30-28-26-24-22-20-18-16-14-12-10-8-6-4-2/h6,8,12,14,18,20,24,26,39-40,42-46,48-50H,3-5,7,9-11,13,15-17,19,21-23,25,27-38H2,1-2H3/b8-6-,14-12-,20-18-,26-24-. The topological polar surface area (TPSA) is 135 Å². The van der Waals surface area contributed by atoms with Gasteiger partial charge in [0.25, 0.3) is 0 Å². The van der Waals surface area contributed by atoms with Crippen LogP contribution in [0.4, 0.5) is 0 Å². The maximum absolute atomic E-state index is 12.7. The molecule has 0 amide bonds. The summed E-state index contributed by atoms with van der Waals surface area (Å²) in [6, 6.07) is 0. The van der Waals surface area contributed by atoms with E-state index in [1.54, 1.807) is 0 Å². The minimum absolute atomic E-state index is 0.129. The van der Waals surface area contributed by atoms with E-state index in [4.69, 9.17) is 18.9 Å². The number of allylic oxidation sites excluding steroid dienone is 8. The first-order valence-corrected chi connectivity index (χ1v) is 21.7. The summed E-state index contributed by atoms with van der Waals surface area (Å²) in [7, 11) is 0. The Balaban J connectivity index is 2.31. The maximum Gasteiger partial charge on any atom is 0.306 e. The van der Waals surface area contributed by atoms with Gasteiger partial charge in [-0.15, -0.1) is 0 Å². The molecule has 9 nitrogen and oxygen atoms in total.